The van der Waals surface area contributed by atoms with Crippen molar-refractivity contribution in [2.75, 3.05) is 26.7 Å². The van der Waals surface area contributed by atoms with Crippen LogP contribution in [0.1, 0.15) is 57.1 Å². The third-order valence-electron chi connectivity index (χ3n) is 4.84. The fourth-order valence-corrected chi connectivity index (χ4v) is 3.26. The number of rotatable bonds is 6. The topological polar surface area (TPSA) is 78.8 Å². The zero-order valence-corrected chi connectivity index (χ0v) is 19.5. The van der Waals surface area contributed by atoms with Gasteiger partial charge in [0.05, 0.1) is 25.0 Å². The molecule has 2 N–H and O–H groups in total. The number of aliphatic imine (C=N–C) groups is 1. The van der Waals surface area contributed by atoms with E-state index in [9.17, 15) is 0 Å². The number of likely N-dealkylation sites (tertiary alicyclic amines) is 1. The third kappa shape index (κ3) is 5.97. The molecule has 0 spiro atoms. The first-order valence-electron chi connectivity index (χ1n) is 9.64. The summed E-state index contributed by atoms with van der Waals surface area (Å²) in [6.07, 6.45) is 6.02. The second kappa shape index (κ2) is 10.3. The van der Waals surface area contributed by atoms with Crippen LogP contribution in [-0.4, -0.2) is 42.5 Å². The number of hydrogen-bond acceptors (Lipinski definition) is 5. The van der Waals surface area contributed by atoms with Crippen molar-refractivity contribution < 1.29 is 8.83 Å². The maximum Gasteiger partial charge on any atom is 0.213 e. The summed E-state index contributed by atoms with van der Waals surface area (Å²) < 4.78 is 11.5. The van der Waals surface area contributed by atoms with Crippen LogP contribution in [0.25, 0.3) is 0 Å². The van der Waals surface area contributed by atoms with Crippen LogP contribution in [0.5, 0.6) is 0 Å². The zero-order valence-electron chi connectivity index (χ0n) is 17.2. The number of furan rings is 1. The highest BCUT2D eigenvalue weighted by Crippen LogP contribution is 2.25. The van der Waals surface area contributed by atoms with E-state index in [0.717, 1.165) is 37.1 Å². The Kier molecular flexibility index (Phi) is 8.36. The molecule has 2 aromatic heterocycles. The molecule has 7 nitrogen and oxygen atoms in total. The van der Waals surface area contributed by atoms with E-state index in [1.54, 1.807) is 19.5 Å². The Balaban J connectivity index is 0.00000280. The molecule has 0 bridgehead atoms. The second-order valence-electron chi connectivity index (χ2n) is 7.95. The van der Waals surface area contributed by atoms with Crippen LogP contribution in [-0.2, 0) is 12.0 Å². The van der Waals surface area contributed by atoms with Gasteiger partial charge in [-0.3, -0.25) is 9.89 Å². The molecule has 1 aliphatic heterocycles. The Morgan fingerprint density at radius 1 is 1.29 bits per heavy atom. The summed E-state index contributed by atoms with van der Waals surface area (Å²) in [7, 11) is 1.77. The number of hydrogen-bond donors (Lipinski definition) is 2. The molecule has 28 heavy (non-hydrogen) atoms. The van der Waals surface area contributed by atoms with Crippen LogP contribution >= 0.6 is 24.0 Å². The van der Waals surface area contributed by atoms with Gasteiger partial charge in [-0.05, 0) is 38.1 Å². The highest BCUT2D eigenvalue weighted by atomic mass is 127. The van der Waals surface area contributed by atoms with Crippen molar-refractivity contribution in [2.24, 2.45) is 4.99 Å². The molecule has 1 atom stereocenters. The monoisotopic (exact) mass is 501 g/mol. The molecule has 0 aromatic carbocycles. The predicted octanol–water partition coefficient (Wildman–Crippen LogP) is 3.69. The molecule has 1 saturated heterocycles. The Morgan fingerprint density at radius 2 is 2.04 bits per heavy atom. The van der Waals surface area contributed by atoms with E-state index in [1.807, 2.05) is 12.1 Å². The van der Waals surface area contributed by atoms with Gasteiger partial charge < -0.3 is 19.5 Å². The van der Waals surface area contributed by atoms with Crippen molar-refractivity contribution in [1.82, 2.24) is 20.5 Å². The van der Waals surface area contributed by atoms with Crippen LogP contribution in [0.15, 0.2) is 38.4 Å². The van der Waals surface area contributed by atoms with Crippen molar-refractivity contribution in [3.8, 4) is 0 Å². The number of nitrogens with one attached hydrogen (secondary N) is 2. The van der Waals surface area contributed by atoms with E-state index in [1.165, 1.54) is 12.8 Å². The lowest BCUT2D eigenvalue weighted by molar-refractivity contribution is 0.215. The summed E-state index contributed by atoms with van der Waals surface area (Å²) in [4.78, 5) is 11.1. The number of oxazole rings is 1. The number of aromatic nitrogens is 1. The van der Waals surface area contributed by atoms with Gasteiger partial charge in [0.25, 0.3) is 0 Å². The van der Waals surface area contributed by atoms with Crippen LogP contribution in [0.2, 0.25) is 0 Å². The second-order valence-corrected chi connectivity index (χ2v) is 7.95. The number of nitrogens with zero attached hydrogens (tertiary/aromatic N) is 3. The van der Waals surface area contributed by atoms with Gasteiger partial charge in [0.1, 0.15) is 11.5 Å². The van der Waals surface area contributed by atoms with Crippen LogP contribution < -0.4 is 10.6 Å². The first-order chi connectivity index (χ1) is 13.0. The zero-order chi connectivity index (χ0) is 19.3. The molecule has 3 heterocycles. The largest absolute Gasteiger partial charge is 0.468 e. The Morgan fingerprint density at radius 3 is 2.61 bits per heavy atom. The molecular formula is C20H32IN5O2. The van der Waals surface area contributed by atoms with Gasteiger partial charge in [0.2, 0.25) is 5.89 Å². The van der Waals surface area contributed by atoms with Gasteiger partial charge in [-0.1, -0.05) is 20.8 Å². The average Bonchev–Trinajstić information content (AvgIpc) is 3.40. The first kappa shape index (κ1) is 22.7. The summed E-state index contributed by atoms with van der Waals surface area (Å²) in [6, 6.07) is 4.19. The summed E-state index contributed by atoms with van der Waals surface area (Å²) in [5.41, 5.74) is -0.0445. The molecule has 0 amide bonds. The maximum absolute atomic E-state index is 5.83. The normalized spacial score (nSPS) is 16.6. The van der Waals surface area contributed by atoms with Gasteiger partial charge in [0.15, 0.2) is 5.96 Å². The molecule has 3 rings (SSSR count). The van der Waals surface area contributed by atoms with Gasteiger partial charge in [-0.15, -0.1) is 24.0 Å². The molecule has 1 aliphatic rings. The summed E-state index contributed by atoms with van der Waals surface area (Å²) in [5, 5.41) is 6.68. The molecule has 1 unspecified atom stereocenters. The van der Waals surface area contributed by atoms with Gasteiger partial charge in [-0.2, -0.15) is 0 Å². The fourth-order valence-electron chi connectivity index (χ4n) is 3.26. The van der Waals surface area contributed by atoms with E-state index >= 15 is 0 Å². The molecule has 0 saturated carbocycles. The van der Waals surface area contributed by atoms with Crippen molar-refractivity contribution in [3.05, 3.63) is 42.0 Å². The van der Waals surface area contributed by atoms with Crippen molar-refractivity contribution in [2.45, 2.75) is 51.6 Å². The highest BCUT2D eigenvalue weighted by Gasteiger charge is 2.25. The number of halogens is 1. The predicted molar refractivity (Wildman–Crippen MR) is 121 cm³/mol. The Bertz CT molecular complexity index is 730. The lowest BCUT2D eigenvalue weighted by Gasteiger charge is -2.26. The Labute approximate surface area is 184 Å². The molecule has 0 aliphatic carbocycles. The van der Waals surface area contributed by atoms with E-state index in [-0.39, 0.29) is 35.4 Å². The molecule has 8 heteroatoms. The van der Waals surface area contributed by atoms with Crippen molar-refractivity contribution in [3.63, 3.8) is 0 Å². The minimum Gasteiger partial charge on any atom is -0.468 e. The molecule has 0 radical (unpaired) electrons. The van der Waals surface area contributed by atoms with Crippen molar-refractivity contribution in [1.29, 1.82) is 0 Å². The smallest absolute Gasteiger partial charge is 0.213 e. The summed E-state index contributed by atoms with van der Waals surface area (Å²) in [5.74, 6) is 3.25. The van der Waals surface area contributed by atoms with E-state index < -0.39 is 0 Å². The summed E-state index contributed by atoms with van der Waals surface area (Å²) in [6.45, 7) is 9.75. The van der Waals surface area contributed by atoms with E-state index in [4.69, 9.17) is 8.83 Å². The van der Waals surface area contributed by atoms with Crippen molar-refractivity contribution >= 4 is 29.9 Å². The maximum atomic E-state index is 5.83. The molecular weight excluding hydrogens is 469 g/mol. The van der Waals surface area contributed by atoms with Crippen LogP contribution in [0.3, 0.4) is 0 Å². The minimum absolute atomic E-state index is 0. The van der Waals surface area contributed by atoms with Gasteiger partial charge >= 0.3 is 0 Å². The van der Waals surface area contributed by atoms with Gasteiger partial charge in [0, 0.05) is 19.0 Å². The average molecular weight is 501 g/mol. The Hall–Kier alpha value is -1.55. The summed E-state index contributed by atoms with van der Waals surface area (Å²) >= 11 is 0. The number of guanidine groups is 1. The SMILES string of the molecule is CN=C(NCc1ncc(C(C)(C)C)o1)NCC(c1ccco1)N1CCCC1.I. The van der Waals surface area contributed by atoms with Crippen LogP contribution in [0, 0.1) is 0 Å². The lowest BCUT2D eigenvalue weighted by Crippen LogP contribution is -2.42. The lowest BCUT2D eigenvalue weighted by atomic mass is 9.94. The van der Waals surface area contributed by atoms with E-state index in [2.05, 4.69) is 46.3 Å². The quantitative estimate of drug-likeness (QED) is 0.357. The third-order valence-corrected chi connectivity index (χ3v) is 4.84. The minimum atomic E-state index is -0.0445. The first-order valence-corrected chi connectivity index (χ1v) is 9.64. The standard InChI is InChI=1S/C20H31N5O2.HI/c1-20(2,3)17-13-22-18(27-17)14-24-19(21-4)23-12-15(16-8-7-11-26-16)25-9-5-6-10-25;/h7-8,11,13,15H,5-6,9-10,12,14H2,1-4H3,(H2,21,23,24);1H. The molecule has 2 aromatic rings. The highest BCUT2D eigenvalue weighted by molar-refractivity contribution is 14.0. The van der Waals surface area contributed by atoms with E-state index in [0.29, 0.717) is 12.4 Å². The molecule has 1 fully saturated rings. The molecule has 156 valence electrons. The van der Waals surface area contributed by atoms with Gasteiger partial charge in [-0.25, -0.2) is 4.98 Å². The fraction of sp³-hybridized carbons (Fsp3) is 0.600. The van der Waals surface area contributed by atoms with Crippen LogP contribution in [0.4, 0.5) is 0 Å².